The lowest BCUT2D eigenvalue weighted by Crippen LogP contribution is -2.21. The number of nitrogens with two attached hydrogens (primary N) is 1. The second kappa shape index (κ2) is 7.09. The summed E-state index contributed by atoms with van der Waals surface area (Å²) in [7, 11) is 0. The zero-order chi connectivity index (χ0) is 13.7. The summed E-state index contributed by atoms with van der Waals surface area (Å²) in [6.45, 7) is 6.31. The van der Waals surface area contributed by atoms with E-state index in [-0.39, 0.29) is 0 Å². The maximum absolute atomic E-state index is 5.92. The Morgan fingerprint density at radius 2 is 2.11 bits per heavy atom. The van der Waals surface area contributed by atoms with Gasteiger partial charge in [-0.1, -0.05) is 39.5 Å². The SMILES string of the molecule is CC(C)C(CN)c1cncn1CCCC1CCCC1. The van der Waals surface area contributed by atoms with Gasteiger partial charge in [-0.15, -0.1) is 0 Å². The van der Waals surface area contributed by atoms with E-state index in [1.54, 1.807) is 0 Å². The molecule has 0 bridgehead atoms. The van der Waals surface area contributed by atoms with Crippen LogP contribution in [0.4, 0.5) is 0 Å². The minimum atomic E-state index is 0.439. The van der Waals surface area contributed by atoms with E-state index < -0.39 is 0 Å². The second-order valence-corrected chi connectivity index (χ2v) is 6.39. The quantitative estimate of drug-likeness (QED) is 0.817. The van der Waals surface area contributed by atoms with Crippen LogP contribution in [0.2, 0.25) is 0 Å². The first-order valence-corrected chi connectivity index (χ1v) is 7.92. The molecule has 2 rings (SSSR count). The second-order valence-electron chi connectivity index (χ2n) is 6.39. The van der Waals surface area contributed by atoms with Gasteiger partial charge in [-0.2, -0.15) is 0 Å². The van der Waals surface area contributed by atoms with Crippen molar-refractivity contribution in [3.05, 3.63) is 18.2 Å². The van der Waals surface area contributed by atoms with E-state index in [2.05, 4.69) is 23.4 Å². The first-order valence-electron chi connectivity index (χ1n) is 7.92. The summed E-state index contributed by atoms with van der Waals surface area (Å²) in [6.07, 6.45) is 12.5. The van der Waals surface area contributed by atoms with E-state index in [0.29, 0.717) is 18.4 Å². The van der Waals surface area contributed by atoms with Gasteiger partial charge >= 0.3 is 0 Å². The summed E-state index contributed by atoms with van der Waals surface area (Å²) < 4.78 is 2.33. The number of nitrogens with zero attached hydrogens (tertiary/aromatic N) is 2. The predicted octanol–water partition coefficient (Wildman–Crippen LogP) is 3.55. The molecule has 1 saturated carbocycles. The highest BCUT2D eigenvalue weighted by Crippen LogP contribution is 2.29. The van der Waals surface area contributed by atoms with Crippen molar-refractivity contribution in [1.82, 2.24) is 9.55 Å². The molecule has 1 aliphatic carbocycles. The molecule has 0 saturated heterocycles. The molecule has 1 aromatic heterocycles. The van der Waals surface area contributed by atoms with Gasteiger partial charge in [-0.25, -0.2) is 4.98 Å². The lowest BCUT2D eigenvalue weighted by Gasteiger charge is -2.21. The van der Waals surface area contributed by atoms with Crippen LogP contribution >= 0.6 is 0 Å². The van der Waals surface area contributed by atoms with Gasteiger partial charge in [0, 0.05) is 30.9 Å². The van der Waals surface area contributed by atoms with Crippen molar-refractivity contribution in [2.24, 2.45) is 17.6 Å². The van der Waals surface area contributed by atoms with E-state index >= 15 is 0 Å². The van der Waals surface area contributed by atoms with Gasteiger partial charge in [0.25, 0.3) is 0 Å². The molecule has 108 valence electrons. The molecule has 2 N–H and O–H groups in total. The standard InChI is InChI=1S/C16H29N3/c1-13(2)15(10-17)16-11-18-12-19(16)9-5-8-14-6-3-4-7-14/h11-15H,3-10,17H2,1-2H3. The third-order valence-electron chi connectivity index (χ3n) is 4.67. The maximum Gasteiger partial charge on any atom is 0.0948 e. The van der Waals surface area contributed by atoms with Gasteiger partial charge in [0.1, 0.15) is 0 Å². The Labute approximate surface area is 117 Å². The van der Waals surface area contributed by atoms with Crippen LogP contribution in [-0.4, -0.2) is 16.1 Å². The van der Waals surface area contributed by atoms with Crippen molar-refractivity contribution in [2.45, 2.75) is 64.8 Å². The Morgan fingerprint density at radius 1 is 1.37 bits per heavy atom. The van der Waals surface area contributed by atoms with Crippen molar-refractivity contribution in [3.8, 4) is 0 Å². The molecule has 1 aromatic rings. The molecule has 1 heterocycles. The largest absolute Gasteiger partial charge is 0.334 e. The highest BCUT2D eigenvalue weighted by Gasteiger charge is 2.19. The zero-order valence-electron chi connectivity index (χ0n) is 12.5. The highest BCUT2D eigenvalue weighted by atomic mass is 15.0. The van der Waals surface area contributed by atoms with Gasteiger partial charge in [0.15, 0.2) is 0 Å². The minimum absolute atomic E-state index is 0.439. The van der Waals surface area contributed by atoms with Crippen molar-refractivity contribution in [3.63, 3.8) is 0 Å². The summed E-state index contributed by atoms with van der Waals surface area (Å²) in [6, 6.07) is 0. The summed E-state index contributed by atoms with van der Waals surface area (Å²) in [5, 5.41) is 0. The first-order chi connectivity index (χ1) is 9.22. The van der Waals surface area contributed by atoms with Crippen LogP contribution in [0.25, 0.3) is 0 Å². The predicted molar refractivity (Wildman–Crippen MR) is 80.1 cm³/mol. The average Bonchev–Trinajstić information content (AvgIpc) is 3.02. The molecule has 3 heteroatoms. The fourth-order valence-electron chi connectivity index (χ4n) is 3.41. The number of hydrogen-bond acceptors (Lipinski definition) is 2. The molecular weight excluding hydrogens is 234 g/mol. The molecule has 19 heavy (non-hydrogen) atoms. The van der Waals surface area contributed by atoms with E-state index in [0.717, 1.165) is 12.5 Å². The van der Waals surface area contributed by atoms with Crippen LogP contribution < -0.4 is 5.73 Å². The number of aromatic nitrogens is 2. The molecule has 0 aliphatic heterocycles. The Kier molecular flexibility index (Phi) is 5.44. The smallest absolute Gasteiger partial charge is 0.0948 e. The molecule has 0 amide bonds. The number of imidazole rings is 1. The van der Waals surface area contributed by atoms with Crippen LogP contribution in [-0.2, 0) is 6.54 Å². The highest BCUT2D eigenvalue weighted by molar-refractivity contribution is 5.08. The summed E-state index contributed by atoms with van der Waals surface area (Å²) in [5.41, 5.74) is 7.24. The molecule has 3 nitrogen and oxygen atoms in total. The number of aryl methyl sites for hydroxylation is 1. The normalized spacial score (nSPS) is 18.3. The number of hydrogen-bond donors (Lipinski definition) is 1. The molecule has 1 aliphatic rings. The maximum atomic E-state index is 5.92. The van der Waals surface area contributed by atoms with Crippen molar-refractivity contribution in [2.75, 3.05) is 6.54 Å². The molecular formula is C16H29N3. The van der Waals surface area contributed by atoms with Gasteiger partial charge in [0.05, 0.1) is 6.33 Å². The van der Waals surface area contributed by atoms with Gasteiger partial charge < -0.3 is 10.3 Å². The molecule has 0 spiro atoms. The summed E-state index contributed by atoms with van der Waals surface area (Å²) >= 11 is 0. The van der Waals surface area contributed by atoms with E-state index in [1.165, 1.54) is 44.2 Å². The van der Waals surface area contributed by atoms with Gasteiger partial charge in [-0.3, -0.25) is 0 Å². The van der Waals surface area contributed by atoms with Crippen LogP contribution in [0.5, 0.6) is 0 Å². The van der Waals surface area contributed by atoms with Gasteiger partial charge in [-0.05, 0) is 24.7 Å². The fourth-order valence-corrected chi connectivity index (χ4v) is 3.41. The van der Waals surface area contributed by atoms with Crippen LogP contribution in [0.3, 0.4) is 0 Å². The van der Waals surface area contributed by atoms with Crippen molar-refractivity contribution < 1.29 is 0 Å². The Balaban J connectivity index is 1.87. The van der Waals surface area contributed by atoms with E-state index in [4.69, 9.17) is 5.73 Å². The van der Waals surface area contributed by atoms with E-state index in [1.807, 2.05) is 12.5 Å². The fraction of sp³-hybridized carbons (Fsp3) is 0.812. The van der Waals surface area contributed by atoms with Crippen LogP contribution in [0.15, 0.2) is 12.5 Å². The van der Waals surface area contributed by atoms with Crippen LogP contribution in [0.1, 0.15) is 64.0 Å². The number of rotatable bonds is 7. The Hall–Kier alpha value is -0.830. The summed E-state index contributed by atoms with van der Waals surface area (Å²) in [5.74, 6) is 2.01. The monoisotopic (exact) mass is 263 g/mol. The van der Waals surface area contributed by atoms with Gasteiger partial charge in [0.2, 0.25) is 0 Å². The molecule has 1 atom stereocenters. The topological polar surface area (TPSA) is 43.8 Å². The van der Waals surface area contributed by atoms with Crippen LogP contribution in [0, 0.1) is 11.8 Å². The van der Waals surface area contributed by atoms with E-state index in [9.17, 15) is 0 Å². The zero-order valence-corrected chi connectivity index (χ0v) is 12.5. The molecule has 0 radical (unpaired) electrons. The third kappa shape index (κ3) is 3.82. The Bertz CT molecular complexity index is 364. The van der Waals surface area contributed by atoms with Crippen molar-refractivity contribution in [1.29, 1.82) is 0 Å². The Morgan fingerprint density at radius 3 is 2.74 bits per heavy atom. The first kappa shape index (κ1) is 14.6. The lowest BCUT2D eigenvalue weighted by atomic mass is 9.93. The van der Waals surface area contributed by atoms with Crippen molar-refractivity contribution >= 4 is 0 Å². The lowest BCUT2D eigenvalue weighted by molar-refractivity contribution is 0.434. The third-order valence-corrected chi connectivity index (χ3v) is 4.67. The average molecular weight is 263 g/mol. The molecule has 1 fully saturated rings. The summed E-state index contributed by atoms with van der Waals surface area (Å²) in [4.78, 5) is 4.33. The molecule has 0 aromatic carbocycles. The minimum Gasteiger partial charge on any atom is -0.334 e. The molecule has 1 unspecified atom stereocenters.